The van der Waals surface area contributed by atoms with Gasteiger partial charge in [0.15, 0.2) is 16.7 Å². The van der Waals surface area contributed by atoms with E-state index < -0.39 is 35.0 Å². The van der Waals surface area contributed by atoms with E-state index in [1.54, 1.807) is 0 Å². The Morgan fingerprint density at radius 2 is 1.92 bits per heavy atom. The molecule has 8 heteroatoms. The summed E-state index contributed by atoms with van der Waals surface area (Å²) in [6.45, 7) is 1.48. The smallest absolute Gasteiger partial charge is 0.307 e. The molecule has 1 aromatic carbocycles. The molecule has 0 aliphatic carbocycles. The number of phenolic OH excluding ortho intramolecular Hbond substituents is 1. The summed E-state index contributed by atoms with van der Waals surface area (Å²) in [5.74, 6) is -3.42. The van der Waals surface area contributed by atoms with Gasteiger partial charge in [0, 0.05) is 11.1 Å². The zero-order valence-electron chi connectivity index (χ0n) is 12.3. The number of aromatic hydroxyl groups is 1. The van der Waals surface area contributed by atoms with Gasteiger partial charge in [-0.15, -0.1) is 11.3 Å². The third-order valence-electron chi connectivity index (χ3n) is 3.73. The van der Waals surface area contributed by atoms with E-state index in [0.717, 1.165) is 16.7 Å². The molecular formula is C16H11F2NO4S. The van der Waals surface area contributed by atoms with Crippen molar-refractivity contribution in [2.24, 2.45) is 0 Å². The Kier molecular flexibility index (Phi) is 3.84. The zero-order valence-corrected chi connectivity index (χ0v) is 13.2. The summed E-state index contributed by atoms with van der Waals surface area (Å²) in [6.07, 6.45) is -0.512. The summed E-state index contributed by atoms with van der Waals surface area (Å²) < 4.78 is 28.7. The minimum absolute atomic E-state index is 0.0938. The van der Waals surface area contributed by atoms with E-state index in [1.807, 2.05) is 0 Å². The minimum Gasteiger partial charge on any atom is -0.505 e. The molecule has 3 rings (SSSR count). The molecule has 0 saturated carbocycles. The third-order valence-corrected chi connectivity index (χ3v) is 4.59. The Hall–Kier alpha value is -2.74. The fourth-order valence-electron chi connectivity index (χ4n) is 2.69. The van der Waals surface area contributed by atoms with Crippen LogP contribution in [-0.2, 0) is 11.2 Å². The van der Waals surface area contributed by atoms with Gasteiger partial charge in [0.1, 0.15) is 0 Å². The van der Waals surface area contributed by atoms with E-state index in [1.165, 1.54) is 19.1 Å². The van der Waals surface area contributed by atoms with Crippen molar-refractivity contribution >= 4 is 34.1 Å². The minimum atomic E-state index is -1.20. The number of hydrogen-bond donors (Lipinski definition) is 2. The Labute approximate surface area is 138 Å². The van der Waals surface area contributed by atoms with Crippen molar-refractivity contribution in [3.05, 3.63) is 51.3 Å². The number of hydrogen-bond acceptors (Lipinski definition) is 4. The van der Waals surface area contributed by atoms with Crippen LogP contribution < -0.4 is 0 Å². The summed E-state index contributed by atoms with van der Waals surface area (Å²) >= 11 is 0.642. The Morgan fingerprint density at radius 1 is 1.21 bits per heavy atom. The zero-order chi connectivity index (χ0) is 17.6. The lowest BCUT2D eigenvalue weighted by Gasteiger charge is -2.05. The highest BCUT2D eigenvalue weighted by Gasteiger charge is 2.25. The summed E-state index contributed by atoms with van der Waals surface area (Å²) in [5.41, 5.74) is 0.449. The van der Waals surface area contributed by atoms with Crippen molar-refractivity contribution < 1.29 is 28.6 Å². The Balaban J connectivity index is 2.32. The van der Waals surface area contributed by atoms with Crippen molar-refractivity contribution in [3.63, 3.8) is 0 Å². The number of halogens is 2. The van der Waals surface area contributed by atoms with Crippen LogP contribution >= 0.6 is 11.3 Å². The van der Waals surface area contributed by atoms with E-state index in [9.17, 15) is 23.5 Å². The number of aliphatic carboxylic acids is 1. The molecule has 0 unspecified atom stereocenters. The lowest BCUT2D eigenvalue weighted by molar-refractivity contribution is -0.136. The van der Waals surface area contributed by atoms with Crippen LogP contribution in [0.3, 0.4) is 0 Å². The number of carbonyl (C=O) groups excluding carboxylic acids is 1. The molecule has 3 aromatic rings. The number of carbonyl (C=O) groups is 2. The van der Waals surface area contributed by atoms with E-state index in [0.29, 0.717) is 11.3 Å². The van der Waals surface area contributed by atoms with Gasteiger partial charge in [-0.1, -0.05) is 0 Å². The van der Waals surface area contributed by atoms with Crippen molar-refractivity contribution in [3.8, 4) is 5.75 Å². The monoisotopic (exact) mass is 351 g/mol. The van der Waals surface area contributed by atoms with Crippen molar-refractivity contribution in [2.75, 3.05) is 0 Å². The van der Waals surface area contributed by atoms with Gasteiger partial charge in [0.05, 0.1) is 16.8 Å². The van der Waals surface area contributed by atoms with Gasteiger partial charge in [-0.3, -0.25) is 14.2 Å². The van der Waals surface area contributed by atoms with Crippen LogP contribution in [-0.4, -0.2) is 26.7 Å². The number of thiophene rings is 1. The van der Waals surface area contributed by atoms with Crippen LogP contribution in [0.2, 0.25) is 0 Å². The molecule has 2 heterocycles. The molecule has 0 saturated heterocycles. The number of benzene rings is 1. The fourth-order valence-corrected chi connectivity index (χ4v) is 3.35. The molecule has 0 amide bonds. The second-order valence-corrected chi connectivity index (χ2v) is 6.21. The molecule has 0 fully saturated rings. The van der Waals surface area contributed by atoms with Crippen LogP contribution in [0.4, 0.5) is 8.78 Å². The molecular weight excluding hydrogens is 340 g/mol. The van der Waals surface area contributed by atoms with Crippen molar-refractivity contribution in [2.45, 2.75) is 13.3 Å². The van der Waals surface area contributed by atoms with Crippen molar-refractivity contribution in [1.29, 1.82) is 0 Å². The van der Waals surface area contributed by atoms with Gasteiger partial charge in [0.25, 0.3) is 5.91 Å². The highest BCUT2D eigenvalue weighted by Crippen LogP contribution is 2.34. The SMILES string of the molecule is Cc1c(CC(=O)O)c2c(F)c(O)ccc2n1C(=O)c1ccc(F)s1. The molecule has 2 N–H and O–H groups in total. The van der Waals surface area contributed by atoms with Crippen LogP contribution in [0.5, 0.6) is 5.75 Å². The third kappa shape index (κ3) is 2.44. The standard InChI is InChI=1S/C16H11F2NO4S/c1-7-8(6-13(21)22)14-9(2-3-10(20)15(14)18)19(7)16(23)11-4-5-12(17)24-11/h2-5,20H,6H2,1H3,(H,21,22). The van der Waals surface area contributed by atoms with E-state index >= 15 is 0 Å². The molecule has 0 aliphatic rings. The predicted molar refractivity (Wildman–Crippen MR) is 83.6 cm³/mol. The largest absolute Gasteiger partial charge is 0.505 e. The predicted octanol–water partition coefficient (Wildman–Crippen LogP) is 3.31. The second-order valence-electron chi connectivity index (χ2n) is 5.17. The number of carboxylic acid groups (broad SMARTS) is 1. The van der Waals surface area contributed by atoms with Crippen LogP contribution in [0.25, 0.3) is 10.9 Å². The first-order valence-electron chi connectivity index (χ1n) is 6.84. The van der Waals surface area contributed by atoms with E-state index in [-0.39, 0.29) is 27.0 Å². The van der Waals surface area contributed by atoms with E-state index in [2.05, 4.69) is 0 Å². The first-order valence-corrected chi connectivity index (χ1v) is 7.66. The maximum absolute atomic E-state index is 14.3. The fraction of sp³-hybridized carbons (Fsp3) is 0.125. The molecule has 0 atom stereocenters. The Morgan fingerprint density at radius 3 is 2.50 bits per heavy atom. The van der Waals surface area contributed by atoms with Gasteiger partial charge < -0.3 is 10.2 Å². The molecule has 24 heavy (non-hydrogen) atoms. The van der Waals surface area contributed by atoms with E-state index in [4.69, 9.17) is 5.11 Å². The normalized spacial score (nSPS) is 11.1. The highest BCUT2D eigenvalue weighted by molar-refractivity contribution is 7.12. The lowest BCUT2D eigenvalue weighted by Crippen LogP contribution is -2.12. The molecule has 0 spiro atoms. The maximum Gasteiger partial charge on any atom is 0.307 e. The van der Waals surface area contributed by atoms with Crippen LogP contribution in [0, 0.1) is 17.9 Å². The first kappa shape index (κ1) is 16.1. The second kappa shape index (κ2) is 5.72. The lowest BCUT2D eigenvalue weighted by atomic mass is 10.1. The van der Waals surface area contributed by atoms with Gasteiger partial charge in [0.2, 0.25) is 0 Å². The molecule has 0 radical (unpaired) electrons. The summed E-state index contributed by atoms with van der Waals surface area (Å²) in [4.78, 5) is 23.9. The molecule has 5 nitrogen and oxygen atoms in total. The highest BCUT2D eigenvalue weighted by atomic mass is 32.1. The average molecular weight is 351 g/mol. The first-order chi connectivity index (χ1) is 11.3. The topological polar surface area (TPSA) is 79.5 Å². The number of nitrogens with zero attached hydrogens (tertiary/aromatic N) is 1. The van der Waals surface area contributed by atoms with Crippen molar-refractivity contribution in [1.82, 2.24) is 4.57 Å². The quantitative estimate of drug-likeness (QED) is 0.759. The van der Waals surface area contributed by atoms with Gasteiger partial charge >= 0.3 is 5.97 Å². The van der Waals surface area contributed by atoms with Crippen LogP contribution in [0.1, 0.15) is 20.9 Å². The molecule has 0 aliphatic heterocycles. The molecule has 124 valence electrons. The van der Waals surface area contributed by atoms with Gasteiger partial charge in [-0.05, 0) is 36.8 Å². The summed E-state index contributed by atoms with van der Waals surface area (Å²) in [7, 11) is 0. The summed E-state index contributed by atoms with van der Waals surface area (Å²) in [6, 6.07) is 4.86. The van der Waals surface area contributed by atoms with Gasteiger partial charge in [-0.2, -0.15) is 4.39 Å². The number of carboxylic acids is 1. The number of fused-ring (bicyclic) bond motifs is 1. The average Bonchev–Trinajstić information content (AvgIpc) is 3.05. The maximum atomic E-state index is 14.3. The number of phenols is 1. The summed E-state index contributed by atoms with van der Waals surface area (Å²) in [5, 5.41) is 18.0. The number of rotatable bonds is 3. The van der Waals surface area contributed by atoms with Gasteiger partial charge in [-0.25, -0.2) is 4.39 Å². The van der Waals surface area contributed by atoms with Crippen LogP contribution in [0.15, 0.2) is 24.3 Å². The molecule has 0 bridgehead atoms. The molecule has 2 aromatic heterocycles. The number of aromatic nitrogens is 1. The Bertz CT molecular complexity index is 990.